The molecule has 1 unspecified atom stereocenters. The van der Waals surface area contributed by atoms with Gasteiger partial charge in [-0.3, -0.25) is 0 Å². The van der Waals surface area contributed by atoms with Crippen LogP contribution >= 0.6 is 0 Å². The molecule has 1 atom stereocenters. The van der Waals surface area contributed by atoms with Crippen molar-refractivity contribution in [3.8, 4) is 0 Å². The van der Waals surface area contributed by atoms with Crippen LogP contribution in [0.15, 0.2) is 30.3 Å². The Balaban J connectivity index is 1.45. The Labute approximate surface area is 121 Å². The summed E-state index contributed by atoms with van der Waals surface area (Å²) >= 11 is 0. The molecule has 0 amide bonds. The quantitative estimate of drug-likeness (QED) is 0.916. The van der Waals surface area contributed by atoms with Crippen molar-refractivity contribution in [3.05, 3.63) is 35.9 Å². The zero-order chi connectivity index (χ0) is 13.7. The third-order valence-corrected chi connectivity index (χ3v) is 4.42. The summed E-state index contributed by atoms with van der Waals surface area (Å²) < 4.78 is 12.2. The molecule has 1 aliphatic heterocycles. The molecular formula is C17H25NO2. The second kappa shape index (κ2) is 6.70. The van der Waals surface area contributed by atoms with E-state index in [1.807, 2.05) is 18.2 Å². The summed E-state index contributed by atoms with van der Waals surface area (Å²) in [5.74, 6) is 0. The smallest absolute Gasteiger partial charge is 0.0940 e. The summed E-state index contributed by atoms with van der Waals surface area (Å²) in [6.45, 7) is 3.29. The standard InChI is InChI=1S/C17H25NO2/c1-3-7-15(8-4-1)12-19-13-16-11-18-14-17(20-16)9-5-2-6-10-17/h1,3-4,7-8,16,18H,2,5-6,9-14H2. The lowest BCUT2D eigenvalue weighted by molar-refractivity contribution is -0.153. The fraction of sp³-hybridized carbons (Fsp3) is 0.647. The maximum Gasteiger partial charge on any atom is 0.0940 e. The molecule has 2 fully saturated rings. The minimum atomic E-state index is 0.0945. The Morgan fingerprint density at radius 2 is 1.95 bits per heavy atom. The van der Waals surface area contributed by atoms with Crippen molar-refractivity contribution in [2.45, 2.75) is 50.4 Å². The molecule has 1 heterocycles. The van der Waals surface area contributed by atoms with Gasteiger partial charge in [0.2, 0.25) is 0 Å². The summed E-state index contributed by atoms with van der Waals surface area (Å²) in [6.07, 6.45) is 6.58. The first-order valence-electron chi connectivity index (χ1n) is 7.87. The van der Waals surface area contributed by atoms with Crippen molar-refractivity contribution in [2.24, 2.45) is 0 Å². The van der Waals surface area contributed by atoms with Gasteiger partial charge >= 0.3 is 0 Å². The molecule has 1 aliphatic carbocycles. The Morgan fingerprint density at radius 1 is 1.15 bits per heavy atom. The van der Waals surface area contributed by atoms with E-state index in [2.05, 4.69) is 17.4 Å². The third-order valence-electron chi connectivity index (χ3n) is 4.42. The number of rotatable bonds is 4. The van der Waals surface area contributed by atoms with E-state index in [0.717, 1.165) is 13.1 Å². The maximum atomic E-state index is 6.37. The van der Waals surface area contributed by atoms with E-state index >= 15 is 0 Å². The highest BCUT2D eigenvalue weighted by Gasteiger charge is 2.38. The van der Waals surface area contributed by atoms with E-state index in [-0.39, 0.29) is 11.7 Å². The molecule has 20 heavy (non-hydrogen) atoms. The van der Waals surface area contributed by atoms with Gasteiger partial charge in [-0.15, -0.1) is 0 Å². The van der Waals surface area contributed by atoms with Crippen LogP contribution in [0.1, 0.15) is 37.7 Å². The molecule has 0 aromatic heterocycles. The number of hydrogen-bond acceptors (Lipinski definition) is 3. The average molecular weight is 275 g/mol. The van der Waals surface area contributed by atoms with Crippen LogP contribution in [0.3, 0.4) is 0 Å². The molecule has 1 aromatic rings. The van der Waals surface area contributed by atoms with E-state index in [1.165, 1.54) is 37.7 Å². The molecule has 3 rings (SSSR count). The van der Waals surface area contributed by atoms with Crippen LogP contribution in [0, 0.1) is 0 Å². The fourth-order valence-corrected chi connectivity index (χ4v) is 3.36. The van der Waals surface area contributed by atoms with Crippen molar-refractivity contribution < 1.29 is 9.47 Å². The lowest BCUT2D eigenvalue weighted by Gasteiger charge is -2.44. The monoisotopic (exact) mass is 275 g/mol. The van der Waals surface area contributed by atoms with Crippen molar-refractivity contribution in [2.75, 3.05) is 19.7 Å². The minimum absolute atomic E-state index is 0.0945. The highest BCUT2D eigenvalue weighted by atomic mass is 16.5. The topological polar surface area (TPSA) is 30.5 Å². The van der Waals surface area contributed by atoms with Crippen LogP contribution in [-0.2, 0) is 16.1 Å². The van der Waals surface area contributed by atoms with E-state index in [0.29, 0.717) is 13.2 Å². The summed E-state index contributed by atoms with van der Waals surface area (Å²) in [5.41, 5.74) is 1.32. The van der Waals surface area contributed by atoms with Crippen LogP contribution in [0.2, 0.25) is 0 Å². The SMILES string of the molecule is c1ccc(COCC2CNCC3(CCCCC3)O2)cc1. The number of nitrogens with one attached hydrogen (secondary N) is 1. The van der Waals surface area contributed by atoms with Crippen LogP contribution in [0.25, 0.3) is 0 Å². The number of ether oxygens (including phenoxy) is 2. The first-order valence-corrected chi connectivity index (χ1v) is 7.87. The van der Waals surface area contributed by atoms with Gasteiger partial charge in [0.1, 0.15) is 0 Å². The molecule has 1 spiro atoms. The lowest BCUT2D eigenvalue weighted by atomic mass is 9.83. The van der Waals surface area contributed by atoms with Crippen molar-refractivity contribution in [1.29, 1.82) is 0 Å². The highest BCUT2D eigenvalue weighted by molar-refractivity contribution is 5.13. The van der Waals surface area contributed by atoms with E-state index < -0.39 is 0 Å². The van der Waals surface area contributed by atoms with E-state index in [4.69, 9.17) is 9.47 Å². The minimum Gasteiger partial charge on any atom is -0.374 e. The first-order chi connectivity index (χ1) is 9.86. The average Bonchev–Trinajstić information content (AvgIpc) is 2.49. The molecule has 2 aliphatic rings. The maximum absolute atomic E-state index is 6.37. The van der Waals surface area contributed by atoms with Crippen molar-refractivity contribution in [3.63, 3.8) is 0 Å². The molecule has 1 saturated carbocycles. The van der Waals surface area contributed by atoms with E-state index in [9.17, 15) is 0 Å². The fourth-order valence-electron chi connectivity index (χ4n) is 3.36. The van der Waals surface area contributed by atoms with Gasteiger partial charge in [-0.05, 0) is 18.4 Å². The van der Waals surface area contributed by atoms with Gasteiger partial charge in [0.15, 0.2) is 0 Å². The van der Waals surface area contributed by atoms with Gasteiger partial charge in [-0.1, -0.05) is 49.6 Å². The second-order valence-electron chi connectivity index (χ2n) is 6.12. The normalized spacial score (nSPS) is 25.7. The number of benzene rings is 1. The van der Waals surface area contributed by atoms with Crippen LogP contribution < -0.4 is 5.32 Å². The molecule has 1 aromatic carbocycles. The highest BCUT2D eigenvalue weighted by Crippen LogP contribution is 2.33. The molecule has 0 bridgehead atoms. The lowest BCUT2D eigenvalue weighted by Crippen LogP contribution is -2.55. The van der Waals surface area contributed by atoms with Crippen LogP contribution in [-0.4, -0.2) is 31.4 Å². The van der Waals surface area contributed by atoms with Crippen molar-refractivity contribution in [1.82, 2.24) is 5.32 Å². The van der Waals surface area contributed by atoms with E-state index in [1.54, 1.807) is 0 Å². The third kappa shape index (κ3) is 3.60. The van der Waals surface area contributed by atoms with Crippen molar-refractivity contribution >= 4 is 0 Å². The van der Waals surface area contributed by atoms with Gasteiger partial charge in [0.05, 0.1) is 24.9 Å². The zero-order valence-corrected chi connectivity index (χ0v) is 12.1. The predicted octanol–water partition coefficient (Wildman–Crippen LogP) is 2.89. The Kier molecular flexibility index (Phi) is 4.71. The molecule has 110 valence electrons. The second-order valence-corrected chi connectivity index (χ2v) is 6.12. The largest absolute Gasteiger partial charge is 0.374 e. The molecule has 1 saturated heterocycles. The molecular weight excluding hydrogens is 250 g/mol. The zero-order valence-electron chi connectivity index (χ0n) is 12.1. The van der Waals surface area contributed by atoms with Gasteiger partial charge in [0, 0.05) is 13.1 Å². The summed E-state index contributed by atoms with van der Waals surface area (Å²) in [5, 5.41) is 3.54. The number of morpholine rings is 1. The summed E-state index contributed by atoms with van der Waals surface area (Å²) in [6, 6.07) is 10.3. The van der Waals surface area contributed by atoms with Gasteiger partial charge in [-0.25, -0.2) is 0 Å². The van der Waals surface area contributed by atoms with Gasteiger partial charge < -0.3 is 14.8 Å². The van der Waals surface area contributed by atoms with Crippen LogP contribution in [0.4, 0.5) is 0 Å². The number of hydrogen-bond donors (Lipinski definition) is 1. The Bertz CT molecular complexity index is 395. The van der Waals surface area contributed by atoms with Gasteiger partial charge in [0.25, 0.3) is 0 Å². The summed E-state index contributed by atoms with van der Waals surface area (Å²) in [4.78, 5) is 0. The van der Waals surface area contributed by atoms with Gasteiger partial charge in [-0.2, -0.15) is 0 Å². The summed E-state index contributed by atoms with van der Waals surface area (Å²) in [7, 11) is 0. The Hall–Kier alpha value is -0.900. The van der Waals surface area contributed by atoms with Crippen LogP contribution in [0.5, 0.6) is 0 Å². The molecule has 1 N–H and O–H groups in total. The molecule has 3 nitrogen and oxygen atoms in total. The Morgan fingerprint density at radius 3 is 2.75 bits per heavy atom. The molecule has 3 heteroatoms. The predicted molar refractivity (Wildman–Crippen MR) is 79.7 cm³/mol. The molecule has 0 radical (unpaired) electrons. The first kappa shape index (κ1) is 14.1.